The molecule has 0 radical (unpaired) electrons. The number of halogens is 1. The standard InChI is InChI=1S/C6H5Cl.N2/c7-6-4-2-1-3-5-6;1-2/h1-5H;/p+1. The molecule has 0 unspecified atom stereocenters. The molecule has 0 bridgehead atoms. The molecule has 0 spiro atoms. The van der Waals surface area contributed by atoms with Gasteiger partial charge in [-0.2, -0.15) is 0 Å². The second kappa shape index (κ2) is 5.07. The Morgan fingerprint density at radius 2 is 1.56 bits per heavy atom. The maximum Gasteiger partial charge on any atom is 0.212 e. The van der Waals surface area contributed by atoms with E-state index in [1.807, 2.05) is 30.3 Å². The molecule has 1 aromatic rings. The van der Waals surface area contributed by atoms with Crippen LogP contribution in [-0.4, -0.2) is 0 Å². The zero-order chi connectivity index (χ0) is 7.11. The number of nitrogens with one attached hydrogen (secondary N) is 1. The van der Waals surface area contributed by atoms with E-state index in [4.69, 9.17) is 22.4 Å². The van der Waals surface area contributed by atoms with E-state index in [1.165, 1.54) is 0 Å². The topological polar surface area (TPSA) is 47.6 Å². The lowest BCUT2D eigenvalue weighted by molar-refractivity contribution is -0.175. The monoisotopic (exact) mass is 141 g/mol. The molecule has 0 aliphatic heterocycles. The molecular formula is C6H6ClN2+. The third kappa shape index (κ3) is 3.51. The Bertz CT molecular complexity index is 171. The van der Waals surface area contributed by atoms with Crippen LogP contribution in [0.2, 0.25) is 5.02 Å². The van der Waals surface area contributed by atoms with Gasteiger partial charge in [0, 0.05) is 5.02 Å². The minimum Gasteiger partial charge on any atom is -0.0843 e. The largest absolute Gasteiger partial charge is 0.212 e. The lowest BCUT2D eigenvalue weighted by Gasteiger charge is -1.80. The fourth-order valence-corrected chi connectivity index (χ4v) is 0.560. The van der Waals surface area contributed by atoms with Crippen LogP contribution in [0.3, 0.4) is 0 Å². The van der Waals surface area contributed by atoms with Gasteiger partial charge in [0.2, 0.25) is 5.39 Å². The summed E-state index contributed by atoms with van der Waals surface area (Å²) in [4.78, 5) is 0. The fourth-order valence-electron chi connectivity index (χ4n) is 0.415. The third-order valence-corrected chi connectivity index (χ3v) is 0.985. The predicted molar refractivity (Wildman–Crippen MR) is 34.1 cm³/mol. The lowest BCUT2D eigenvalue weighted by atomic mass is 10.4. The van der Waals surface area contributed by atoms with Crippen LogP contribution < -0.4 is 5.39 Å². The number of benzene rings is 1. The fraction of sp³-hybridized carbons (Fsp3) is 0. The first-order chi connectivity index (χ1) is 4.39. The first kappa shape index (κ1) is 7.93. The van der Waals surface area contributed by atoms with Crippen LogP contribution in [0.15, 0.2) is 30.3 Å². The molecule has 0 fully saturated rings. The molecule has 1 aromatic carbocycles. The van der Waals surface area contributed by atoms with Gasteiger partial charge in [0.05, 0.1) is 5.39 Å². The highest BCUT2D eigenvalue weighted by molar-refractivity contribution is 6.30. The van der Waals surface area contributed by atoms with Crippen LogP contribution >= 0.6 is 11.6 Å². The number of hydrogen-bond acceptors (Lipinski definition) is 1. The summed E-state index contributed by atoms with van der Waals surface area (Å²) < 4.78 is 0. The van der Waals surface area contributed by atoms with Crippen molar-refractivity contribution in [1.82, 2.24) is 0 Å². The van der Waals surface area contributed by atoms with Crippen molar-refractivity contribution in [1.29, 1.82) is 5.39 Å². The van der Waals surface area contributed by atoms with E-state index >= 15 is 0 Å². The average molecular weight is 142 g/mol. The molecule has 0 amide bonds. The van der Waals surface area contributed by atoms with Gasteiger partial charge in [-0.3, -0.25) is 0 Å². The summed E-state index contributed by atoms with van der Waals surface area (Å²) in [5.74, 6) is 0. The van der Waals surface area contributed by atoms with Gasteiger partial charge >= 0.3 is 0 Å². The molecule has 0 heterocycles. The van der Waals surface area contributed by atoms with Crippen LogP contribution in [0.5, 0.6) is 0 Å². The maximum atomic E-state index is 6.25. The summed E-state index contributed by atoms with van der Waals surface area (Å²) in [6.07, 6.45) is 0. The highest BCUT2D eigenvalue weighted by Gasteiger charge is 1.74. The zero-order valence-corrected chi connectivity index (χ0v) is 5.47. The first-order valence-electron chi connectivity index (χ1n) is 2.32. The van der Waals surface area contributed by atoms with Crippen LogP contribution in [0.1, 0.15) is 0 Å². The Kier molecular flexibility index (Phi) is 4.47. The van der Waals surface area contributed by atoms with Crippen molar-refractivity contribution in [2.24, 2.45) is 0 Å². The summed E-state index contributed by atoms with van der Waals surface area (Å²) in [6, 6.07) is 9.44. The number of nitrogens with zero attached hydrogens (tertiary/aromatic N) is 1. The van der Waals surface area contributed by atoms with Crippen LogP contribution in [0, 0.1) is 5.39 Å². The average Bonchev–Trinajstić information content (AvgIpc) is 1.94. The Morgan fingerprint density at radius 3 is 1.78 bits per heavy atom. The molecule has 0 saturated heterocycles. The van der Waals surface area contributed by atoms with Crippen LogP contribution in [-0.2, 0) is 0 Å². The van der Waals surface area contributed by atoms with Gasteiger partial charge in [0.15, 0.2) is 0 Å². The second-order valence-electron chi connectivity index (χ2n) is 1.30. The molecule has 1 rings (SSSR count). The molecule has 0 aromatic heterocycles. The van der Waals surface area contributed by atoms with E-state index in [9.17, 15) is 0 Å². The Hall–Kier alpha value is -1.07. The predicted octanol–water partition coefficient (Wildman–Crippen LogP) is 0.619. The Balaban J connectivity index is 0.000000291. The van der Waals surface area contributed by atoms with Crippen molar-refractivity contribution >= 4 is 11.6 Å². The van der Waals surface area contributed by atoms with E-state index in [2.05, 4.69) is 0 Å². The lowest BCUT2D eigenvalue weighted by Crippen LogP contribution is -2.11. The Labute approximate surface area is 58.5 Å². The quantitative estimate of drug-likeness (QED) is 0.529. The molecule has 0 aliphatic rings. The van der Waals surface area contributed by atoms with Crippen molar-refractivity contribution in [3.8, 4) is 0 Å². The van der Waals surface area contributed by atoms with E-state index in [1.54, 1.807) is 0 Å². The second-order valence-corrected chi connectivity index (χ2v) is 1.73. The van der Waals surface area contributed by atoms with Gasteiger partial charge in [0.1, 0.15) is 0 Å². The van der Waals surface area contributed by atoms with Crippen molar-refractivity contribution in [3.63, 3.8) is 0 Å². The highest BCUT2D eigenvalue weighted by Crippen LogP contribution is 2.03. The van der Waals surface area contributed by atoms with Gasteiger partial charge in [-0.1, -0.05) is 29.8 Å². The van der Waals surface area contributed by atoms with Crippen LogP contribution in [0.4, 0.5) is 0 Å². The van der Waals surface area contributed by atoms with Gasteiger partial charge in [-0.25, -0.2) is 0 Å². The van der Waals surface area contributed by atoms with E-state index in [0.717, 1.165) is 5.02 Å². The van der Waals surface area contributed by atoms with E-state index in [-0.39, 0.29) is 0 Å². The Morgan fingerprint density at radius 1 is 1.11 bits per heavy atom. The van der Waals surface area contributed by atoms with E-state index in [0.29, 0.717) is 0 Å². The molecule has 46 valence electrons. The summed E-state index contributed by atoms with van der Waals surface area (Å²) in [7, 11) is 0. The normalized spacial score (nSPS) is 7.00. The van der Waals surface area contributed by atoms with Crippen molar-refractivity contribution in [2.45, 2.75) is 0 Å². The van der Waals surface area contributed by atoms with Crippen LogP contribution in [0.25, 0.3) is 0 Å². The molecule has 9 heavy (non-hydrogen) atoms. The third-order valence-electron chi connectivity index (χ3n) is 0.733. The smallest absolute Gasteiger partial charge is 0.0843 e. The van der Waals surface area contributed by atoms with Crippen molar-refractivity contribution in [3.05, 3.63) is 35.4 Å². The number of rotatable bonds is 0. The molecule has 1 N–H and O–H groups in total. The summed E-state index contributed by atoms with van der Waals surface area (Å²) in [5.41, 5.74) is 0. The summed E-state index contributed by atoms with van der Waals surface area (Å²) in [5, 5.41) is 11.8. The summed E-state index contributed by atoms with van der Waals surface area (Å²) in [6.45, 7) is 0. The molecule has 0 aliphatic carbocycles. The van der Waals surface area contributed by atoms with Gasteiger partial charge in [-0.15, -0.1) is 0 Å². The first-order valence-corrected chi connectivity index (χ1v) is 2.70. The minimum absolute atomic E-state index is 0.794. The summed E-state index contributed by atoms with van der Waals surface area (Å²) >= 11 is 5.54. The SMILES string of the molecule is Clc1ccccc1.N#[NH+]. The number of diazo groups is 1. The van der Waals surface area contributed by atoms with Crippen molar-refractivity contribution < 1.29 is 5.39 Å². The molecule has 0 saturated carbocycles. The van der Waals surface area contributed by atoms with Gasteiger partial charge < -0.3 is 0 Å². The molecule has 2 nitrogen and oxygen atoms in total. The molecule has 0 atom stereocenters. The van der Waals surface area contributed by atoms with Crippen molar-refractivity contribution in [2.75, 3.05) is 0 Å². The minimum atomic E-state index is 0.794. The highest BCUT2D eigenvalue weighted by atomic mass is 35.5. The molecular weight excluding hydrogens is 136 g/mol. The van der Waals surface area contributed by atoms with Gasteiger partial charge in [-0.05, 0) is 12.1 Å². The molecule has 3 heteroatoms. The van der Waals surface area contributed by atoms with E-state index < -0.39 is 0 Å². The maximum absolute atomic E-state index is 6.25. The van der Waals surface area contributed by atoms with Gasteiger partial charge in [0.25, 0.3) is 0 Å². The zero-order valence-electron chi connectivity index (χ0n) is 4.71. The number of hydrogen-bond donors (Lipinski definition) is 1.